The van der Waals surface area contributed by atoms with Crippen molar-refractivity contribution < 1.29 is 29.3 Å². The van der Waals surface area contributed by atoms with E-state index in [-0.39, 0.29) is 41.1 Å². The number of nitrogens with zero attached hydrogens (tertiary/aromatic N) is 3. The summed E-state index contributed by atoms with van der Waals surface area (Å²) in [6, 6.07) is 5.94. The van der Waals surface area contributed by atoms with Gasteiger partial charge in [0.15, 0.2) is 17.5 Å². The number of nitrogen functional groups attached to an aromatic ring is 1. The number of nitrogens with two attached hydrogens (primary N) is 2. The van der Waals surface area contributed by atoms with Crippen LogP contribution in [0.5, 0.6) is 11.5 Å². The molecule has 14 heteroatoms. The highest BCUT2D eigenvalue weighted by atomic mass is 33.1. The lowest BCUT2D eigenvalue weighted by Gasteiger charge is -2.42. The largest absolute Gasteiger partial charge is 0.504 e. The van der Waals surface area contributed by atoms with Crippen molar-refractivity contribution in [3.05, 3.63) is 46.6 Å². The summed E-state index contributed by atoms with van der Waals surface area (Å²) in [4.78, 5) is 37.8. The number of aromatic hydroxyl groups is 1. The zero-order chi connectivity index (χ0) is 42.6. The minimum Gasteiger partial charge on any atom is -0.504 e. The number of guanidine groups is 1. The van der Waals surface area contributed by atoms with Gasteiger partial charge in [-0.3, -0.25) is 14.6 Å². The number of aliphatic imine (C=N–C) groups is 1. The molecule has 4 fully saturated rings. The van der Waals surface area contributed by atoms with E-state index in [1.54, 1.807) is 6.20 Å². The summed E-state index contributed by atoms with van der Waals surface area (Å²) >= 11 is 0. The molecule has 6 atom stereocenters. The lowest BCUT2D eigenvalue weighted by Crippen LogP contribution is -2.47. The number of phenolic OH excluding ortho intramolecular Hbond substituents is 1. The molecule has 3 aliphatic carbocycles. The molecule has 1 aromatic carbocycles. The van der Waals surface area contributed by atoms with Gasteiger partial charge >= 0.3 is 5.97 Å². The first kappa shape index (κ1) is 44.3. The van der Waals surface area contributed by atoms with E-state index >= 15 is 0 Å². The fourth-order valence-electron chi connectivity index (χ4n) is 11.7. The Morgan fingerprint density at radius 3 is 2.62 bits per heavy atom. The molecule has 1 amide bonds. The zero-order valence-corrected chi connectivity index (χ0v) is 37.8. The predicted molar refractivity (Wildman–Crippen MR) is 243 cm³/mol. The molecule has 2 aromatic rings. The zero-order valence-electron chi connectivity index (χ0n) is 36.1. The molecule has 9 rings (SSSR count). The Morgan fingerprint density at radius 2 is 1.82 bits per heavy atom. The number of aliphatic hydroxyl groups is 1. The van der Waals surface area contributed by atoms with Gasteiger partial charge in [-0.15, -0.1) is 0 Å². The summed E-state index contributed by atoms with van der Waals surface area (Å²) in [5.74, 6) is 2.96. The number of amides is 1. The van der Waals surface area contributed by atoms with Crippen LogP contribution in [0.3, 0.4) is 0 Å². The smallest absolute Gasteiger partial charge is 0.303 e. The number of rotatable bonds is 3. The number of aliphatic hydroxyl groups excluding tert-OH is 1. The number of phenols is 1. The van der Waals surface area contributed by atoms with Crippen molar-refractivity contribution in [2.45, 2.75) is 171 Å². The Kier molecular flexibility index (Phi) is 13.9. The van der Waals surface area contributed by atoms with Crippen LogP contribution in [0.15, 0.2) is 29.4 Å². The molecule has 7 aliphatic rings. The van der Waals surface area contributed by atoms with E-state index in [2.05, 4.69) is 16.4 Å². The molecule has 6 unspecified atom stereocenters. The lowest BCUT2D eigenvalue weighted by molar-refractivity contribution is -0.168. The number of carbonyl (C=O) groups is 2. The maximum atomic E-state index is 14.2. The Hall–Kier alpha value is -3.36. The predicted octanol–water partition coefficient (Wildman–Crippen LogP) is 7.74. The molecule has 0 radical (unpaired) electrons. The van der Waals surface area contributed by atoms with Gasteiger partial charge in [-0.2, -0.15) is 0 Å². The van der Waals surface area contributed by atoms with E-state index in [1.807, 2.05) is 38.6 Å². The average molecular weight is 877 g/mol. The molecule has 7 N–H and O–H groups in total. The molecule has 6 bridgehead atoms. The van der Waals surface area contributed by atoms with Gasteiger partial charge in [0.05, 0.1) is 11.0 Å². The van der Waals surface area contributed by atoms with Crippen LogP contribution < -0.4 is 21.5 Å². The Labute approximate surface area is 369 Å². The van der Waals surface area contributed by atoms with Gasteiger partial charge in [0.1, 0.15) is 17.5 Å². The van der Waals surface area contributed by atoms with Crippen LogP contribution in [0.25, 0.3) is 0 Å². The molecule has 61 heavy (non-hydrogen) atoms. The minimum absolute atomic E-state index is 0.0278. The van der Waals surface area contributed by atoms with Crippen LogP contribution in [0.4, 0.5) is 5.82 Å². The maximum absolute atomic E-state index is 14.2. The number of fused-ring (bicyclic) bond motifs is 14. The van der Waals surface area contributed by atoms with Crippen LogP contribution >= 0.6 is 21.6 Å². The number of anilines is 1. The number of pyridine rings is 1. The third-order valence-electron chi connectivity index (χ3n) is 14.9. The fourth-order valence-corrected chi connectivity index (χ4v) is 14.8. The number of aromatic nitrogens is 1. The van der Waals surface area contributed by atoms with E-state index in [4.69, 9.17) is 25.9 Å². The van der Waals surface area contributed by atoms with Gasteiger partial charge in [0.2, 0.25) is 5.91 Å². The number of ether oxygens (including phenoxy) is 2. The van der Waals surface area contributed by atoms with Crippen LogP contribution in [-0.4, -0.2) is 79.5 Å². The highest BCUT2D eigenvalue weighted by Crippen LogP contribution is 2.49. The van der Waals surface area contributed by atoms with Gasteiger partial charge < -0.3 is 41.4 Å². The van der Waals surface area contributed by atoms with E-state index < -0.39 is 17.1 Å². The second-order valence-electron chi connectivity index (χ2n) is 19.4. The molecule has 12 nitrogen and oxygen atoms in total. The molecule has 1 aromatic heterocycles. The third kappa shape index (κ3) is 10.5. The quantitative estimate of drug-likeness (QED) is 0.150. The molecular formula is C47H68N6O6S2. The summed E-state index contributed by atoms with van der Waals surface area (Å²) < 4.78 is 13.0. The van der Waals surface area contributed by atoms with Crippen LogP contribution in [0.1, 0.15) is 145 Å². The van der Waals surface area contributed by atoms with Crippen molar-refractivity contribution in [3.63, 3.8) is 0 Å². The van der Waals surface area contributed by atoms with Crippen molar-refractivity contribution in [1.82, 2.24) is 15.2 Å². The molecule has 4 aliphatic heterocycles. The van der Waals surface area contributed by atoms with Crippen molar-refractivity contribution in [2.75, 3.05) is 24.6 Å². The monoisotopic (exact) mass is 876 g/mol. The average Bonchev–Trinajstić information content (AvgIpc) is 3.91. The van der Waals surface area contributed by atoms with Gasteiger partial charge in [-0.1, -0.05) is 47.3 Å². The van der Waals surface area contributed by atoms with E-state index in [1.165, 1.54) is 6.92 Å². The minimum atomic E-state index is -0.773. The van der Waals surface area contributed by atoms with Gasteiger partial charge in [0, 0.05) is 67.9 Å². The highest BCUT2D eigenvalue weighted by molar-refractivity contribution is 8.77. The van der Waals surface area contributed by atoms with Crippen LogP contribution in [0, 0.1) is 17.3 Å². The first-order valence-electron chi connectivity index (χ1n) is 23.2. The molecule has 3 saturated carbocycles. The van der Waals surface area contributed by atoms with Gasteiger partial charge in [-0.25, -0.2) is 4.98 Å². The van der Waals surface area contributed by atoms with Crippen molar-refractivity contribution in [2.24, 2.45) is 28.0 Å². The lowest BCUT2D eigenvalue weighted by atomic mass is 9.72. The molecule has 5 heterocycles. The third-order valence-corrected chi connectivity index (χ3v) is 18.1. The van der Waals surface area contributed by atoms with Gasteiger partial charge in [-0.05, 0) is 137 Å². The topological polar surface area (TPSA) is 186 Å². The van der Waals surface area contributed by atoms with Crippen molar-refractivity contribution in [3.8, 4) is 11.5 Å². The van der Waals surface area contributed by atoms with Crippen LogP contribution in [0.2, 0.25) is 0 Å². The standard InChI is InChI=1S/C47H68N6O6S2/c1-31(54)59-46-18-13-33(38(55)27-46)8-3-2-6-23-60-61-47(16-4-5-17-47)52-44(49)51-22-20-45(26-32-15-21-50-40(48)24-32)28-41(56)53(30-45)29-36-25-35(14-19-46)37-12-11-34-9-7-10-39(34)58-43(37)42(36)57/h15,21,24-25,33-34,38-39,55,57H,2-14,16-20,22-23,26-30H2,1H3,(H2,48,50)(H3,49,51,52). The summed E-state index contributed by atoms with van der Waals surface area (Å²) in [6.07, 6.45) is 19.6. The highest BCUT2D eigenvalue weighted by Gasteiger charge is 2.45. The van der Waals surface area contributed by atoms with E-state index in [9.17, 15) is 19.8 Å². The Morgan fingerprint density at radius 1 is 0.984 bits per heavy atom. The second kappa shape index (κ2) is 19.2. The van der Waals surface area contributed by atoms with E-state index in [0.717, 1.165) is 112 Å². The number of benzene rings is 1. The molecule has 1 saturated heterocycles. The summed E-state index contributed by atoms with van der Waals surface area (Å²) in [6.45, 7) is 2.67. The summed E-state index contributed by atoms with van der Waals surface area (Å²) in [5, 5.41) is 27.4. The van der Waals surface area contributed by atoms with Crippen molar-refractivity contribution >= 4 is 45.2 Å². The number of nitrogens with one attached hydrogen (secondary N) is 1. The SMILES string of the molecule is CC(=O)OC12CCc3cc(c(O)c4c3CCC3CCCC3O4)CN3CC(Cc4ccnc(N)c4)(CCN=C(N)NC4(CCCC4)SSCCCCCC(CC1)C(O)C2)CC3=O. The normalized spacial score (nSPS) is 31.3. The summed E-state index contributed by atoms with van der Waals surface area (Å²) in [5.41, 5.74) is 15.4. The first-order chi connectivity index (χ1) is 29.4. The summed E-state index contributed by atoms with van der Waals surface area (Å²) in [7, 11) is 3.82. The number of hydrogen-bond donors (Lipinski definition) is 5. The molecule has 334 valence electrons. The first-order valence-corrected chi connectivity index (χ1v) is 25.5. The van der Waals surface area contributed by atoms with E-state index in [0.29, 0.717) is 87.0 Å². The number of aryl methyl sites for hydroxylation is 1. The Balaban J connectivity index is 1.12. The maximum Gasteiger partial charge on any atom is 0.303 e. The fraction of sp³-hybridized carbons (Fsp3) is 0.702. The second-order valence-corrected chi connectivity index (χ2v) is 22.2. The number of carbonyl (C=O) groups excluding carboxylic acids is 2. The van der Waals surface area contributed by atoms with Gasteiger partial charge in [0.25, 0.3) is 0 Å². The number of esters is 1. The molecular weight excluding hydrogens is 809 g/mol. The number of hydrogen-bond acceptors (Lipinski definition) is 13. The molecule has 1 spiro atoms. The van der Waals surface area contributed by atoms with Crippen LogP contribution in [-0.2, 0) is 40.1 Å². The van der Waals surface area contributed by atoms with Crippen molar-refractivity contribution in [1.29, 1.82) is 0 Å². The Bertz CT molecular complexity index is 1930.